The molecule has 34 heavy (non-hydrogen) atoms. The van der Waals surface area contributed by atoms with Gasteiger partial charge < -0.3 is 0 Å². The Morgan fingerprint density at radius 1 is 0.794 bits per heavy atom. The van der Waals surface area contributed by atoms with E-state index in [9.17, 15) is 10.1 Å². The first-order valence-corrected chi connectivity index (χ1v) is 14.8. The third-order valence-corrected chi connectivity index (χ3v) is 12.1. The van der Waals surface area contributed by atoms with Gasteiger partial charge in [0.2, 0.25) is 0 Å². The van der Waals surface area contributed by atoms with E-state index in [-0.39, 0.29) is 14.7 Å². The van der Waals surface area contributed by atoms with E-state index in [1.807, 2.05) is 53.1 Å². The molecule has 7 heteroatoms. The van der Waals surface area contributed by atoms with E-state index in [1.165, 1.54) is 41.2 Å². The average molecular weight is 518 g/mol. The molecule has 0 fully saturated rings. The molecule has 0 saturated heterocycles. The van der Waals surface area contributed by atoms with Gasteiger partial charge in [-0.15, -0.1) is 23.5 Å². The lowest BCUT2D eigenvalue weighted by molar-refractivity contribution is -0.384. The lowest BCUT2D eigenvalue weighted by Gasteiger charge is -2.23. The lowest BCUT2D eigenvalue weighted by atomic mass is 9.98. The maximum atomic E-state index is 10.9. The molecule has 1 spiro atoms. The molecule has 0 atom stereocenters. The zero-order valence-corrected chi connectivity index (χ0v) is 21.7. The molecule has 168 valence electrons. The molecule has 3 nitrogen and oxygen atoms in total. The summed E-state index contributed by atoms with van der Waals surface area (Å²) in [5.74, 6) is 0. The quantitative estimate of drug-likeness (QED) is 0.218. The van der Waals surface area contributed by atoms with Gasteiger partial charge in [0, 0.05) is 12.1 Å². The normalized spacial score (nSPS) is 17.2. The van der Waals surface area contributed by atoms with Gasteiger partial charge in [0.1, 0.15) is 4.08 Å². The summed E-state index contributed by atoms with van der Waals surface area (Å²) < 4.78 is 2.71. The summed E-state index contributed by atoms with van der Waals surface area (Å²) in [7, 11) is 0. The molecule has 0 amide bonds. The van der Waals surface area contributed by atoms with Gasteiger partial charge in [-0.25, -0.2) is 0 Å². The van der Waals surface area contributed by atoms with Crippen LogP contribution < -0.4 is 10.4 Å². The largest absolute Gasteiger partial charge is 0.269 e. The first-order valence-electron chi connectivity index (χ1n) is 10.7. The Kier molecular flexibility index (Phi) is 5.48. The van der Waals surface area contributed by atoms with Crippen molar-refractivity contribution in [3.63, 3.8) is 0 Å². The smallest absolute Gasteiger partial charge is 0.258 e. The molecular formula is C27H19NO2S4. The molecular weight excluding hydrogens is 499 g/mol. The van der Waals surface area contributed by atoms with E-state index in [1.54, 1.807) is 24.3 Å². The van der Waals surface area contributed by atoms with Crippen LogP contribution in [0.1, 0.15) is 22.3 Å². The van der Waals surface area contributed by atoms with Crippen molar-refractivity contribution in [2.75, 3.05) is 12.5 Å². The van der Waals surface area contributed by atoms with E-state index in [4.69, 9.17) is 0 Å². The maximum absolute atomic E-state index is 10.9. The number of rotatable bonds is 5. The van der Waals surface area contributed by atoms with Crippen LogP contribution in [-0.2, 0) is 0 Å². The van der Waals surface area contributed by atoms with Crippen LogP contribution in [0.4, 0.5) is 5.69 Å². The van der Waals surface area contributed by atoms with Gasteiger partial charge in [0.15, 0.2) is 0 Å². The van der Waals surface area contributed by atoms with E-state index in [2.05, 4.69) is 61.1 Å². The summed E-state index contributed by atoms with van der Waals surface area (Å²) in [6.45, 7) is 0. The number of hydrogen-bond donors (Lipinski definition) is 0. The molecule has 0 aromatic heterocycles. The number of non-ortho nitro benzene ring substituents is 1. The van der Waals surface area contributed by atoms with Crippen LogP contribution in [0.2, 0.25) is 0 Å². The van der Waals surface area contributed by atoms with Crippen molar-refractivity contribution in [3.8, 4) is 0 Å². The monoisotopic (exact) mass is 517 g/mol. The van der Waals surface area contributed by atoms with Gasteiger partial charge in [-0.1, -0.05) is 72.1 Å². The van der Waals surface area contributed by atoms with Gasteiger partial charge in [-0.2, -0.15) is 0 Å². The number of fused-ring (bicyclic) bond motifs is 4. The molecule has 0 unspecified atom stereocenters. The molecule has 0 saturated carbocycles. The van der Waals surface area contributed by atoms with Crippen LogP contribution in [0.3, 0.4) is 0 Å². The van der Waals surface area contributed by atoms with Crippen LogP contribution in [0.5, 0.6) is 0 Å². The molecule has 3 aliphatic rings. The zero-order valence-electron chi connectivity index (χ0n) is 18.4. The van der Waals surface area contributed by atoms with Crippen molar-refractivity contribution in [3.05, 3.63) is 118 Å². The Morgan fingerprint density at radius 2 is 1.35 bits per heavy atom. The Hall–Kier alpha value is -2.32. The number of benzene rings is 3. The SMILES string of the molecule is CSC1=C(SC)SC2(S1)C1=c3ccc(/C=C/c4ccc([N+](=O)[O-])cc4)cc3=C2c2ccccc21. The molecule has 2 bridgehead atoms. The van der Waals surface area contributed by atoms with Crippen LogP contribution in [0.15, 0.2) is 75.2 Å². The number of nitro groups is 1. The third-order valence-electron chi connectivity index (χ3n) is 6.29. The first-order chi connectivity index (χ1) is 16.6. The van der Waals surface area contributed by atoms with E-state index in [0.29, 0.717) is 0 Å². The fourth-order valence-electron chi connectivity index (χ4n) is 4.85. The lowest BCUT2D eigenvalue weighted by Crippen LogP contribution is -2.27. The highest BCUT2D eigenvalue weighted by atomic mass is 32.3. The van der Waals surface area contributed by atoms with Crippen LogP contribution in [0.25, 0.3) is 23.3 Å². The average Bonchev–Trinajstić information content (AvgIpc) is 3.47. The Morgan fingerprint density at radius 3 is 1.94 bits per heavy atom. The first kappa shape index (κ1) is 22.2. The molecule has 3 aromatic rings. The minimum absolute atomic E-state index is 0.108. The second-order valence-corrected chi connectivity index (χ2v) is 12.9. The van der Waals surface area contributed by atoms with Crippen molar-refractivity contribution < 1.29 is 4.92 Å². The zero-order chi connectivity index (χ0) is 23.4. The highest BCUT2D eigenvalue weighted by molar-refractivity contribution is 8.38. The van der Waals surface area contributed by atoms with Crippen molar-refractivity contribution in [2.24, 2.45) is 0 Å². The summed E-state index contributed by atoms with van der Waals surface area (Å²) in [6, 6.07) is 22.2. The van der Waals surface area contributed by atoms with Crippen LogP contribution >= 0.6 is 47.0 Å². The highest BCUT2D eigenvalue weighted by Gasteiger charge is 2.55. The minimum Gasteiger partial charge on any atom is -0.258 e. The van der Waals surface area contributed by atoms with Crippen molar-refractivity contribution in [1.82, 2.24) is 0 Å². The van der Waals surface area contributed by atoms with Crippen molar-refractivity contribution in [2.45, 2.75) is 4.08 Å². The predicted molar refractivity (Wildman–Crippen MR) is 151 cm³/mol. The second-order valence-electron chi connectivity index (χ2n) is 8.09. The molecule has 6 rings (SSSR count). The van der Waals surface area contributed by atoms with Gasteiger partial charge in [0.25, 0.3) is 5.69 Å². The number of thioether (sulfide) groups is 4. The fraction of sp³-hybridized carbons (Fsp3) is 0.111. The van der Waals surface area contributed by atoms with Crippen molar-refractivity contribution >= 4 is 76.0 Å². The fourth-order valence-corrected chi connectivity index (χ4v) is 11.1. The molecule has 2 aliphatic carbocycles. The maximum Gasteiger partial charge on any atom is 0.269 e. The molecule has 1 heterocycles. The molecule has 0 N–H and O–H groups in total. The molecule has 0 radical (unpaired) electrons. The Balaban J connectivity index is 1.46. The van der Waals surface area contributed by atoms with Gasteiger partial charge in [-0.05, 0) is 74.5 Å². The summed E-state index contributed by atoms with van der Waals surface area (Å²) in [6.07, 6.45) is 8.45. The van der Waals surface area contributed by atoms with Gasteiger partial charge in [-0.3, -0.25) is 10.1 Å². The van der Waals surface area contributed by atoms with Gasteiger partial charge >= 0.3 is 0 Å². The number of nitro benzene ring substituents is 1. The summed E-state index contributed by atoms with van der Waals surface area (Å²) >= 11 is 7.70. The van der Waals surface area contributed by atoms with E-state index in [0.717, 1.165) is 11.1 Å². The number of hydrogen-bond acceptors (Lipinski definition) is 6. The summed E-state index contributed by atoms with van der Waals surface area (Å²) in [5.41, 5.74) is 7.75. The Bertz CT molecular complexity index is 1540. The highest BCUT2D eigenvalue weighted by Crippen LogP contribution is 2.71. The molecule has 3 aromatic carbocycles. The van der Waals surface area contributed by atoms with E-state index < -0.39 is 0 Å². The Labute approximate surface area is 214 Å². The standard InChI is InChI=1S/C27H19NO2S4/c1-31-25-26(32-2)34-27(33-25)23-19-5-3-4-6-20(19)24(27)22-15-17(11-14-21(22)23)8-7-16-9-12-18(13-10-16)28(29)30/h3-15H,1-2H3/b8-7+. The minimum atomic E-state index is -0.371. The van der Waals surface area contributed by atoms with E-state index >= 15 is 0 Å². The van der Waals surface area contributed by atoms with Gasteiger partial charge in [0.05, 0.1) is 13.4 Å². The molecule has 1 aliphatic heterocycles. The third kappa shape index (κ3) is 3.25. The topological polar surface area (TPSA) is 43.1 Å². The number of nitrogens with zero attached hydrogens (tertiary/aromatic N) is 1. The predicted octanol–water partition coefficient (Wildman–Crippen LogP) is 6.52. The van der Waals surface area contributed by atoms with Crippen LogP contribution in [-0.4, -0.2) is 21.5 Å². The van der Waals surface area contributed by atoms with Crippen molar-refractivity contribution in [1.29, 1.82) is 0 Å². The summed E-state index contributed by atoms with van der Waals surface area (Å²) in [5, 5.41) is 13.6. The van der Waals surface area contributed by atoms with Crippen LogP contribution in [0, 0.1) is 10.1 Å². The second kappa shape index (κ2) is 8.41. The summed E-state index contributed by atoms with van der Waals surface area (Å²) in [4.78, 5) is 10.5.